The molecule has 1 aliphatic rings. The number of benzene rings is 2. The summed E-state index contributed by atoms with van der Waals surface area (Å²) < 4.78 is 24.9. The standard InChI is InChI=1S/C16H15FO2/c1-11(12-6-3-2-4-7-12)19-14-9-5-8-13(17)16(14)15-10-18-15/h2-9,11,15H,10H2,1H3/t11?,15-/m0/s1. The Hall–Kier alpha value is -1.87. The summed E-state index contributed by atoms with van der Waals surface area (Å²) in [5, 5.41) is 0. The van der Waals surface area contributed by atoms with Gasteiger partial charge in [0.1, 0.15) is 23.8 Å². The van der Waals surface area contributed by atoms with E-state index < -0.39 is 0 Å². The Balaban J connectivity index is 1.85. The highest BCUT2D eigenvalue weighted by atomic mass is 19.1. The Kier molecular flexibility index (Phi) is 3.22. The SMILES string of the molecule is CC(Oc1cccc(F)c1[C@@H]1CO1)c1ccccc1. The molecule has 0 amide bonds. The third kappa shape index (κ3) is 2.61. The molecular formula is C16H15FO2. The summed E-state index contributed by atoms with van der Waals surface area (Å²) in [6.07, 6.45) is -0.278. The van der Waals surface area contributed by atoms with Crippen molar-refractivity contribution in [2.45, 2.75) is 19.1 Å². The van der Waals surface area contributed by atoms with Crippen LogP contribution in [0.3, 0.4) is 0 Å². The van der Waals surface area contributed by atoms with Crippen molar-refractivity contribution in [3.05, 3.63) is 65.5 Å². The molecule has 0 aliphatic carbocycles. The van der Waals surface area contributed by atoms with Crippen LogP contribution < -0.4 is 4.74 Å². The molecule has 1 unspecified atom stereocenters. The second-order valence-electron chi connectivity index (χ2n) is 4.64. The first-order chi connectivity index (χ1) is 9.25. The molecular weight excluding hydrogens is 243 g/mol. The Morgan fingerprint density at radius 1 is 1.16 bits per heavy atom. The largest absolute Gasteiger partial charge is 0.486 e. The molecule has 0 N–H and O–H groups in total. The van der Waals surface area contributed by atoms with Gasteiger partial charge in [0.05, 0.1) is 12.2 Å². The molecule has 98 valence electrons. The van der Waals surface area contributed by atoms with Crippen molar-refractivity contribution in [1.82, 2.24) is 0 Å². The van der Waals surface area contributed by atoms with Crippen LogP contribution >= 0.6 is 0 Å². The minimum atomic E-state index is -0.264. The van der Waals surface area contributed by atoms with E-state index in [0.29, 0.717) is 17.9 Å². The third-order valence-electron chi connectivity index (χ3n) is 3.24. The van der Waals surface area contributed by atoms with Crippen molar-refractivity contribution >= 4 is 0 Å². The summed E-state index contributed by atoms with van der Waals surface area (Å²) in [5.74, 6) is 0.305. The van der Waals surface area contributed by atoms with Gasteiger partial charge >= 0.3 is 0 Å². The van der Waals surface area contributed by atoms with E-state index in [9.17, 15) is 4.39 Å². The van der Waals surface area contributed by atoms with Crippen LogP contribution in [0.5, 0.6) is 5.75 Å². The van der Waals surface area contributed by atoms with Gasteiger partial charge in [0.15, 0.2) is 0 Å². The van der Waals surface area contributed by atoms with Gasteiger partial charge in [-0.2, -0.15) is 0 Å². The Labute approximate surface area is 111 Å². The quantitative estimate of drug-likeness (QED) is 0.772. The molecule has 1 saturated heterocycles. The maximum absolute atomic E-state index is 13.8. The molecule has 2 atom stereocenters. The smallest absolute Gasteiger partial charge is 0.132 e. The molecule has 2 nitrogen and oxygen atoms in total. The average molecular weight is 258 g/mol. The maximum Gasteiger partial charge on any atom is 0.132 e. The highest BCUT2D eigenvalue weighted by molar-refractivity contribution is 5.38. The van der Waals surface area contributed by atoms with Crippen LogP contribution in [0.2, 0.25) is 0 Å². The molecule has 2 aromatic rings. The van der Waals surface area contributed by atoms with Crippen LogP contribution in [0.1, 0.15) is 30.3 Å². The molecule has 2 aromatic carbocycles. The highest BCUT2D eigenvalue weighted by Crippen LogP contribution is 2.39. The fourth-order valence-corrected chi connectivity index (χ4v) is 2.13. The second kappa shape index (κ2) is 5.02. The number of halogens is 1. The summed E-state index contributed by atoms with van der Waals surface area (Å²) in [5.41, 5.74) is 1.60. The van der Waals surface area contributed by atoms with Gasteiger partial charge in [-0.1, -0.05) is 36.4 Å². The zero-order valence-corrected chi connectivity index (χ0v) is 10.7. The average Bonchev–Trinajstić information content (AvgIpc) is 3.24. The summed E-state index contributed by atoms with van der Waals surface area (Å²) in [6.45, 7) is 2.52. The van der Waals surface area contributed by atoms with Crippen LogP contribution in [0.15, 0.2) is 48.5 Å². The Morgan fingerprint density at radius 3 is 2.58 bits per heavy atom. The lowest BCUT2D eigenvalue weighted by atomic mass is 10.1. The van der Waals surface area contributed by atoms with Crippen molar-refractivity contribution in [1.29, 1.82) is 0 Å². The number of hydrogen-bond acceptors (Lipinski definition) is 2. The molecule has 19 heavy (non-hydrogen) atoms. The maximum atomic E-state index is 13.8. The minimum Gasteiger partial charge on any atom is -0.486 e. The van der Waals surface area contributed by atoms with Gasteiger partial charge in [-0.15, -0.1) is 0 Å². The van der Waals surface area contributed by atoms with Gasteiger partial charge in [0.2, 0.25) is 0 Å². The predicted molar refractivity (Wildman–Crippen MR) is 70.6 cm³/mol. The summed E-state index contributed by atoms with van der Waals surface area (Å²) in [7, 11) is 0. The van der Waals surface area contributed by atoms with Gasteiger partial charge in [0, 0.05) is 0 Å². The van der Waals surface area contributed by atoms with E-state index in [-0.39, 0.29) is 18.0 Å². The molecule has 0 saturated carbocycles. The first kappa shape index (κ1) is 12.2. The molecule has 3 rings (SSSR count). The zero-order valence-electron chi connectivity index (χ0n) is 10.7. The number of rotatable bonds is 4. The lowest BCUT2D eigenvalue weighted by Gasteiger charge is -2.17. The zero-order chi connectivity index (χ0) is 13.2. The van der Waals surface area contributed by atoms with E-state index in [1.165, 1.54) is 6.07 Å². The lowest BCUT2D eigenvalue weighted by molar-refractivity contribution is 0.221. The van der Waals surface area contributed by atoms with Crippen LogP contribution in [0, 0.1) is 5.82 Å². The Morgan fingerprint density at radius 2 is 1.89 bits per heavy atom. The molecule has 0 spiro atoms. The van der Waals surface area contributed by atoms with Crippen LogP contribution in [0.4, 0.5) is 4.39 Å². The predicted octanol–water partition coefficient (Wildman–Crippen LogP) is 4.04. The molecule has 1 aliphatic heterocycles. The van der Waals surface area contributed by atoms with E-state index in [1.54, 1.807) is 12.1 Å². The van der Waals surface area contributed by atoms with E-state index in [4.69, 9.17) is 9.47 Å². The molecule has 0 aromatic heterocycles. The van der Waals surface area contributed by atoms with E-state index in [0.717, 1.165) is 5.56 Å². The highest BCUT2D eigenvalue weighted by Gasteiger charge is 2.31. The summed E-state index contributed by atoms with van der Waals surface area (Å²) >= 11 is 0. The van der Waals surface area contributed by atoms with Gasteiger partial charge in [-0.3, -0.25) is 0 Å². The fourth-order valence-electron chi connectivity index (χ4n) is 2.13. The van der Waals surface area contributed by atoms with Crippen LogP contribution in [-0.2, 0) is 4.74 Å². The van der Waals surface area contributed by atoms with Crippen LogP contribution in [-0.4, -0.2) is 6.61 Å². The van der Waals surface area contributed by atoms with Crippen molar-refractivity contribution in [3.8, 4) is 5.75 Å². The first-order valence-corrected chi connectivity index (χ1v) is 6.37. The van der Waals surface area contributed by atoms with Gasteiger partial charge in [-0.25, -0.2) is 4.39 Å². The fraction of sp³-hybridized carbons (Fsp3) is 0.250. The number of ether oxygens (including phenoxy) is 2. The minimum absolute atomic E-state index is 0.125. The van der Waals surface area contributed by atoms with E-state index in [1.807, 2.05) is 37.3 Å². The van der Waals surface area contributed by atoms with Crippen molar-refractivity contribution in [2.75, 3.05) is 6.61 Å². The van der Waals surface area contributed by atoms with Crippen molar-refractivity contribution < 1.29 is 13.9 Å². The first-order valence-electron chi connectivity index (χ1n) is 6.37. The molecule has 0 bridgehead atoms. The second-order valence-corrected chi connectivity index (χ2v) is 4.64. The number of epoxide rings is 1. The van der Waals surface area contributed by atoms with Crippen molar-refractivity contribution in [2.24, 2.45) is 0 Å². The monoisotopic (exact) mass is 258 g/mol. The van der Waals surface area contributed by atoms with Gasteiger partial charge in [-0.05, 0) is 24.6 Å². The van der Waals surface area contributed by atoms with Gasteiger partial charge in [0.25, 0.3) is 0 Å². The normalized spacial score (nSPS) is 18.9. The molecule has 1 fully saturated rings. The molecule has 1 heterocycles. The van der Waals surface area contributed by atoms with Crippen LogP contribution in [0.25, 0.3) is 0 Å². The molecule has 3 heteroatoms. The van der Waals surface area contributed by atoms with Gasteiger partial charge < -0.3 is 9.47 Å². The summed E-state index contributed by atoms with van der Waals surface area (Å²) in [6, 6.07) is 14.8. The van der Waals surface area contributed by atoms with Crippen molar-refractivity contribution in [3.63, 3.8) is 0 Å². The van der Waals surface area contributed by atoms with E-state index in [2.05, 4.69) is 0 Å². The topological polar surface area (TPSA) is 21.8 Å². The lowest BCUT2D eigenvalue weighted by Crippen LogP contribution is -2.05. The number of hydrogen-bond donors (Lipinski definition) is 0. The molecule has 0 radical (unpaired) electrons. The van der Waals surface area contributed by atoms with E-state index >= 15 is 0 Å². The summed E-state index contributed by atoms with van der Waals surface area (Å²) in [4.78, 5) is 0. The third-order valence-corrected chi connectivity index (χ3v) is 3.24. The Bertz CT molecular complexity index is 564.